The molecule has 0 atom stereocenters. The summed E-state index contributed by atoms with van der Waals surface area (Å²) in [5, 5.41) is 5.23. The molecule has 0 saturated heterocycles. The first-order valence-electron chi connectivity index (χ1n) is 5.07. The van der Waals surface area contributed by atoms with Crippen LogP contribution in [0.5, 0.6) is 0 Å². The quantitative estimate of drug-likeness (QED) is 0.792. The third-order valence-electron chi connectivity index (χ3n) is 2.40. The molecule has 0 radical (unpaired) electrons. The highest BCUT2D eigenvalue weighted by Crippen LogP contribution is 2.23. The van der Waals surface area contributed by atoms with Gasteiger partial charge in [0, 0.05) is 16.6 Å². The summed E-state index contributed by atoms with van der Waals surface area (Å²) in [6.07, 6.45) is 1.92. The lowest BCUT2D eigenvalue weighted by Gasteiger charge is -1.95. The molecule has 86 valence electrons. The number of fused-ring (bicyclic) bond motifs is 1. The topological polar surface area (TPSA) is 56.2 Å². The number of nitrogens with two attached hydrogens (primary N) is 1. The Morgan fingerprint density at radius 1 is 1.29 bits per heavy atom. The minimum Gasteiger partial charge on any atom is -0.324 e. The summed E-state index contributed by atoms with van der Waals surface area (Å²) in [5.74, 6) is 0. The summed E-state index contributed by atoms with van der Waals surface area (Å²) < 4.78 is 2.84. The SMILES string of the molecule is NCc1nn2cc(-c3ccc(Br)cc3)nc2s1. The van der Waals surface area contributed by atoms with E-state index < -0.39 is 0 Å². The maximum atomic E-state index is 5.54. The maximum Gasteiger partial charge on any atom is 0.212 e. The van der Waals surface area contributed by atoms with E-state index >= 15 is 0 Å². The zero-order valence-electron chi connectivity index (χ0n) is 8.80. The molecule has 4 nitrogen and oxygen atoms in total. The normalized spacial score (nSPS) is 11.2. The third kappa shape index (κ3) is 1.99. The lowest BCUT2D eigenvalue weighted by Crippen LogP contribution is -1.95. The van der Waals surface area contributed by atoms with Gasteiger partial charge in [-0.25, -0.2) is 9.50 Å². The Hall–Kier alpha value is -1.24. The third-order valence-corrected chi connectivity index (χ3v) is 3.87. The standard InChI is InChI=1S/C11H9BrN4S/c12-8-3-1-7(2-4-8)9-6-16-11(14-9)17-10(5-13)15-16/h1-4,6H,5,13H2. The van der Waals surface area contributed by atoms with Crippen LogP contribution in [0.3, 0.4) is 0 Å². The molecule has 1 aromatic carbocycles. The van der Waals surface area contributed by atoms with E-state index in [-0.39, 0.29) is 0 Å². The van der Waals surface area contributed by atoms with Gasteiger partial charge in [-0.2, -0.15) is 5.10 Å². The van der Waals surface area contributed by atoms with E-state index in [2.05, 4.69) is 26.0 Å². The van der Waals surface area contributed by atoms with Gasteiger partial charge in [-0.3, -0.25) is 0 Å². The highest BCUT2D eigenvalue weighted by molar-refractivity contribution is 9.10. The molecule has 0 unspecified atom stereocenters. The molecule has 0 saturated carbocycles. The summed E-state index contributed by atoms with van der Waals surface area (Å²) >= 11 is 4.94. The number of halogens is 1. The molecule has 17 heavy (non-hydrogen) atoms. The average molecular weight is 309 g/mol. The van der Waals surface area contributed by atoms with Crippen molar-refractivity contribution in [3.05, 3.63) is 39.9 Å². The number of imidazole rings is 1. The number of hydrogen-bond acceptors (Lipinski definition) is 4. The molecule has 0 spiro atoms. The molecule has 0 amide bonds. The molecule has 0 aliphatic heterocycles. The van der Waals surface area contributed by atoms with Crippen molar-refractivity contribution in [1.82, 2.24) is 14.6 Å². The van der Waals surface area contributed by atoms with Crippen molar-refractivity contribution >= 4 is 32.2 Å². The number of rotatable bonds is 2. The smallest absolute Gasteiger partial charge is 0.212 e. The predicted octanol–water partition coefficient (Wildman–Crippen LogP) is 2.68. The molecular formula is C11H9BrN4S. The van der Waals surface area contributed by atoms with Crippen molar-refractivity contribution in [2.24, 2.45) is 5.73 Å². The van der Waals surface area contributed by atoms with E-state index in [1.165, 1.54) is 11.3 Å². The first-order chi connectivity index (χ1) is 8.26. The Balaban J connectivity index is 2.06. The van der Waals surface area contributed by atoms with E-state index in [1.54, 1.807) is 4.52 Å². The molecule has 0 aliphatic rings. The zero-order valence-corrected chi connectivity index (χ0v) is 11.2. The summed E-state index contributed by atoms with van der Waals surface area (Å²) in [4.78, 5) is 5.41. The van der Waals surface area contributed by atoms with Gasteiger partial charge in [-0.15, -0.1) is 0 Å². The number of aromatic nitrogens is 3. The fourth-order valence-corrected chi connectivity index (χ4v) is 2.60. The fourth-order valence-electron chi connectivity index (χ4n) is 1.58. The van der Waals surface area contributed by atoms with Crippen LogP contribution < -0.4 is 5.73 Å². The Kier molecular flexibility index (Phi) is 2.70. The van der Waals surface area contributed by atoms with E-state index in [4.69, 9.17) is 5.73 Å². The summed E-state index contributed by atoms with van der Waals surface area (Å²) in [5.41, 5.74) is 7.55. The monoisotopic (exact) mass is 308 g/mol. The minimum atomic E-state index is 0.460. The maximum absolute atomic E-state index is 5.54. The van der Waals surface area contributed by atoms with Crippen molar-refractivity contribution in [3.63, 3.8) is 0 Å². The largest absolute Gasteiger partial charge is 0.324 e. The highest BCUT2D eigenvalue weighted by Gasteiger charge is 2.08. The van der Waals surface area contributed by atoms with E-state index in [0.717, 1.165) is 25.7 Å². The lowest BCUT2D eigenvalue weighted by molar-refractivity contribution is 0.897. The molecule has 3 aromatic rings. The number of hydrogen-bond donors (Lipinski definition) is 1. The van der Waals surface area contributed by atoms with Gasteiger partial charge >= 0.3 is 0 Å². The van der Waals surface area contributed by atoms with Crippen molar-refractivity contribution < 1.29 is 0 Å². The highest BCUT2D eigenvalue weighted by atomic mass is 79.9. The predicted molar refractivity (Wildman–Crippen MR) is 71.9 cm³/mol. The van der Waals surface area contributed by atoms with Crippen LogP contribution in [-0.4, -0.2) is 14.6 Å². The lowest BCUT2D eigenvalue weighted by atomic mass is 10.2. The van der Waals surface area contributed by atoms with Crippen LogP contribution in [0.2, 0.25) is 0 Å². The van der Waals surface area contributed by atoms with Gasteiger partial charge in [0.05, 0.1) is 11.9 Å². The van der Waals surface area contributed by atoms with Crippen LogP contribution in [0, 0.1) is 0 Å². The van der Waals surface area contributed by atoms with Crippen molar-refractivity contribution in [2.75, 3.05) is 0 Å². The first-order valence-corrected chi connectivity index (χ1v) is 6.68. The van der Waals surface area contributed by atoms with Gasteiger partial charge in [-0.1, -0.05) is 39.4 Å². The second-order valence-corrected chi connectivity index (χ2v) is 5.52. The van der Waals surface area contributed by atoms with Crippen LogP contribution in [0.25, 0.3) is 16.2 Å². The summed E-state index contributed by atoms with van der Waals surface area (Å²) in [6, 6.07) is 8.06. The number of nitrogens with zero attached hydrogens (tertiary/aromatic N) is 3. The van der Waals surface area contributed by atoms with Crippen LogP contribution in [-0.2, 0) is 6.54 Å². The molecule has 0 fully saturated rings. The van der Waals surface area contributed by atoms with E-state index in [1.807, 2.05) is 30.5 Å². The van der Waals surface area contributed by atoms with Gasteiger partial charge < -0.3 is 5.73 Å². The Bertz CT molecular complexity index is 624. The second-order valence-electron chi connectivity index (χ2n) is 3.56. The van der Waals surface area contributed by atoms with Gasteiger partial charge in [0.15, 0.2) is 0 Å². The number of benzene rings is 1. The van der Waals surface area contributed by atoms with Crippen LogP contribution in [0.4, 0.5) is 0 Å². The van der Waals surface area contributed by atoms with E-state index in [9.17, 15) is 0 Å². The summed E-state index contributed by atoms with van der Waals surface area (Å²) in [6.45, 7) is 0.460. The van der Waals surface area contributed by atoms with Gasteiger partial charge in [-0.05, 0) is 12.1 Å². The summed E-state index contributed by atoms with van der Waals surface area (Å²) in [7, 11) is 0. The Morgan fingerprint density at radius 3 is 2.71 bits per heavy atom. The molecule has 2 aromatic heterocycles. The molecule has 2 N–H and O–H groups in total. The molecular weight excluding hydrogens is 300 g/mol. The molecule has 2 heterocycles. The Labute approximate surface area is 110 Å². The first kappa shape index (κ1) is 10.9. The van der Waals surface area contributed by atoms with Gasteiger partial charge in [0.25, 0.3) is 0 Å². The minimum absolute atomic E-state index is 0.460. The van der Waals surface area contributed by atoms with Crippen molar-refractivity contribution in [2.45, 2.75) is 6.54 Å². The molecule has 0 aliphatic carbocycles. The van der Waals surface area contributed by atoms with Crippen LogP contribution in [0.1, 0.15) is 5.01 Å². The molecule has 3 rings (SSSR count). The average Bonchev–Trinajstić information content (AvgIpc) is 2.87. The zero-order chi connectivity index (χ0) is 11.8. The van der Waals surface area contributed by atoms with Crippen molar-refractivity contribution in [3.8, 4) is 11.3 Å². The fraction of sp³-hybridized carbons (Fsp3) is 0.0909. The van der Waals surface area contributed by atoms with Gasteiger partial charge in [0.1, 0.15) is 5.01 Å². The molecule has 0 bridgehead atoms. The Morgan fingerprint density at radius 2 is 2.06 bits per heavy atom. The molecule has 6 heteroatoms. The van der Waals surface area contributed by atoms with Crippen LogP contribution >= 0.6 is 27.3 Å². The van der Waals surface area contributed by atoms with Gasteiger partial charge in [0.2, 0.25) is 4.96 Å². The van der Waals surface area contributed by atoms with Crippen molar-refractivity contribution in [1.29, 1.82) is 0 Å². The van der Waals surface area contributed by atoms with E-state index in [0.29, 0.717) is 6.54 Å². The van der Waals surface area contributed by atoms with Crippen LogP contribution in [0.15, 0.2) is 34.9 Å². The second kappa shape index (κ2) is 4.21.